The van der Waals surface area contributed by atoms with Crippen LogP contribution in [0.25, 0.3) is 0 Å². The Bertz CT molecular complexity index is 708. The van der Waals surface area contributed by atoms with Crippen molar-refractivity contribution in [3.05, 3.63) is 29.3 Å². The van der Waals surface area contributed by atoms with Crippen molar-refractivity contribution in [1.82, 2.24) is 15.4 Å². The lowest BCUT2D eigenvalue weighted by Gasteiger charge is -2.12. The average Bonchev–Trinajstić information content (AvgIpc) is 3.46. The smallest absolute Gasteiger partial charge is 0.240 e. The molecule has 0 aliphatic heterocycles. The summed E-state index contributed by atoms with van der Waals surface area (Å²) in [4.78, 5) is 4.62. The van der Waals surface area contributed by atoms with Crippen LogP contribution in [0.3, 0.4) is 0 Å². The highest BCUT2D eigenvalue weighted by Crippen LogP contribution is 2.28. The van der Waals surface area contributed by atoms with Gasteiger partial charge in [0.2, 0.25) is 10.0 Å². The Hall–Kier alpha value is -1.35. The predicted molar refractivity (Wildman–Crippen MR) is 109 cm³/mol. The van der Waals surface area contributed by atoms with Gasteiger partial charge in [-0.05, 0) is 50.3 Å². The van der Waals surface area contributed by atoms with Crippen molar-refractivity contribution >= 4 is 27.6 Å². The molecule has 7 nitrogen and oxygen atoms in total. The largest absolute Gasteiger partial charge is 0.381 e. The molecule has 0 heterocycles. The summed E-state index contributed by atoms with van der Waals surface area (Å²) >= 11 is 5.85. The summed E-state index contributed by atoms with van der Waals surface area (Å²) in [5.74, 6) is 1.45. The van der Waals surface area contributed by atoms with Gasteiger partial charge in [-0.25, -0.2) is 13.1 Å². The van der Waals surface area contributed by atoms with Crippen molar-refractivity contribution in [1.29, 1.82) is 0 Å². The molecule has 0 amide bonds. The van der Waals surface area contributed by atoms with Crippen LogP contribution in [0.4, 0.5) is 0 Å². The number of aliphatic imine (C=N–C) groups is 1. The van der Waals surface area contributed by atoms with Gasteiger partial charge < -0.3 is 15.4 Å². The molecule has 1 aromatic rings. The highest BCUT2D eigenvalue weighted by molar-refractivity contribution is 7.89. The normalized spacial score (nSPS) is 15.0. The molecule has 0 bridgehead atoms. The molecule has 0 radical (unpaired) electrons. The van der Waals surface area contributed by atoms with Crippen molar-refractivity contribution < 1.29 is 13.2 Å². The van der Waals surface area contributed by atoms with E-state index in [0.717, 1.165) is 32.1 Å². The Kier molecular flexibility index (Phi) is 9.33. The fourth-order valence-electron chi connectivity index (χ4n) is 2.32. The van der Waals surface area contributed by atoms with Crippen LogP contribution in [0.2, 0.25) is 5.02 Å². The fourth-order valence-corrected chi connectivity index (χ4v) is 3.65. The van der Waals surface area contributed by atoms with Gasteiger partial charge in [-0.1, -0.05) is 17.7 Å². The Morgan fingerprint density at radius 3 is 2.81 bits per heavy atom. The molecular formula is C18H29ClN4O3S. The molecule has 0 atom stereocenters. The molecule has 2 rings (SSSR count). The third-order valence-electron chi connectivity index (χ3n) is 3.93. The van der Waals surface area contributed by atoms with Crippen LogP contribution in [0.5, 0.6) is 0 Å². The summed E-state index contributed by atoms with van der Waals surface area (Å²) in [6.07, 6.45) is 3.46. The summed E-state index contributed by atoms with van der Waals surface area (Å²) in [7, 11) is -3.57. The van der Waals surface area contributed by atoms with Crippen LogP contribution in [0.1, 0.15) is 26.2 Å². The molecule has 0 unspecified atom stereocenters. The standard InChI is InChI=1S/C18H29ClN4O3S/c1-2-20-18(21-9-4-12-26-14-15-7-8-15)22-10-11-23-27(24,25)17-6-3-5-16(19)13-17/h3,5-6,13,15,23H,2,4,7-12,14H2,1H3,(H2,20,21,22). The first-order valence-electron chi connectivity index (χ1n) is 9.36. The first kappa shape index (κ1) is 21.9. The molecule has 0 aromatic heterocycles. The van der Waals surface area contributed by atoms with Crippen LogP contribution in [0.15, 0.2) is 34.2 Å². The van der Waals surface area contributed by atoms with Crippen molar-refractivity contribution in [3.63, 3.8) is 0 Å². The van der Waals surface area contributed by atoms with E-state index in [2.05, 4.69) is 20.3 Å². The van der Waals surface area contributed by atoms with Crippen LogP contribution in [0, 0.1) is 5.92 Å². The van der Waals surface area contributed by atoms with Gasteiger partial charge in [0.25, 0.3) is 0 Å². The summed E-state index contributed by atoms with van der Waals surface area (Å²) in [5.41, 5.74) is 0. The molecule has 1 aliphatic rings. The highest BCUT2D eigenvalue weighted by atomic mass is 35.5. The molecule has 9 heteroatoms. The lowest BCUT2D eigenvalue weighted by Crippen LogP contribution is -2.41. The number of rotatable bonds is 12. The van der Waals surface area contributed by atoms with E-state index in [1.807, 2.05) is 6.92 Å². The summed E-state index contributed by atoms with van der Waals surface area (Å²) in [6.45, 7) is 5.63. The van der Waals surface area contributed by atoms with Gasteiger partial charge in [0.1, 0.15) is 0 Å². The SMILES string of the molecule is CCNC(=NCCCOCC1CC1)NCCNS(=O)(=O)c1cccc(Cl)c1. The van der Waals surface area contributed by atoms with Gasteiger partial charge in [0.05, 0.1) is 4.90 Å². The maximum Gasteiger partial charge on any atom is 0.240 e. The molecule has 0 saturated heterocycles. The van der Waals surface area contributed by atoms with Crippen molar-refractivity contribution in [3.8, 4) is 0 Å². The van der Waals surface area contributed by atoms with E-state index in [9.17, 15) is 8.42 Å². The van der Waals surface area contributed by atoms with Crippen LogP contribution >= 0.6 is 11.6 Å². The molecule has 0 spiro atoms. The number of sulfonamides is 1. The van der Waals surface area contributed by atoms with Crippen LogP contribution in [-0.4, -0.2) is 53.8 Å². The number of benzene rings is 1. The summed E-state index contributed by atoms with van der Waals surface area (Å²) in [6, 6.07) is 6.18. The topological polar surface area (TPSA) is 91.8 Å². The number of halogens is 1. The third kappa shape index (κ3) is 8.92. The van der Waals surface area contributed by atoms with Crippen molar-refractivity contribution in [2.75, 3.05) is 39.4 Å². The molecule has 1 saturated carbocycles. The minimum atomic E-state index is -3.57. The average molecular weight is 417 g/mol. The van der Waals surface area contributed by atoms with Crippen LogP contribution in [-0.2, 0) is 14.8 Å². The second kappa shape index (κ2) is 11.5. The quantitative estimate of drug-likeness (QED) is 0.275. The molecule has 1 aliphatic carbocycles. The maximum atomic E-state index is 12.2. The van der Waals surface area contributed by atoms with Gasteiger partial charge in [-0.15, -0.1) is 0 Å². The van der Waals surface area contributed by atoms with Crippen LogP contribution < -0.4 is 15.4 Å². The second-order valence-corrected chi connectivity index (χ2v) is 8.62. The number of hydrogen-bond donors (Lipinski definition) is 3. The molecule has 152 valence electrons. The molecule has 3 N–H and O–H groups in total. The zero-order valence-corrected chi connectivity index (χ0v) is 17.3. The van der Waals surface area contributed by atoms with E-state index in [1.54, 1.807) is 12.1 Å². The molecule has 27 heavy (non-hydrogen) atoms. The van der Waals surface area contributed by atoms with E-state index < -0.39 is 10.0 Å². The van der Waals surface area contributed by atoms with Gasteiger partial charge in [-0.3, -0.25) is 4.99 Å². The monoisotopic (exact) mass is 416 g/mol. The van der Waals surface area contributed by atoms with Gasteiger partial charge in [0, 0.05) is 44.4 Å². The lowest BCUT2D eigenvalue weighted by atomic mass is 10.4. The maximum absolute atomic E-state index is 12.2. The number of guanidine groups is 1. The van der Waals surface area contributed by atoms with E-state index in [0.29, 0.717) is 24.1 Å². The van der Waals surface area contributed by atoms with Gasteiger partial charge in [-0.2, -0.15) is 0 Å². The Labute approximate surface area is 167 Å². The zero-order chi connectivity index (χ0) is 19.5. The Morgan fingerprint density at radius 2 is 2.11 bits per heavy atom. The van der Waals surface area contributed by atoms with E-state index in [-0.39, 0.29) is 11.4 Å². The fraction of sp³-hybridized carbons (Fsp3) is 0.611. The number of hydrogen-bond acceptors (Lipinski definition) is 4. The van der Waals surface area contributed by atoms with Crippen molar-refractivity contribution in [2.45, 2.75) is 31.1 Å². The van der Waals surface area contributed by atoms with E-state index in [1.165, 1.54) is 25.0 Å². The summed E-state index contributed by atoms with van der Waals surface area (Å²) < 4.78 is 32.6. The third-order valence-corrected chi connectivity index (χ3v) is 5.62. The van der Waals surface area contributed by atoms with Crippen molar-refractivity contribution in [2.24, 2.45) is 10.9 Å². The molecular weight excluding hydrogens is 388 g/mol. The first-order valence-corrected chi connectivity index (χ1v) is 11.2. The summed E-state index contributed by atoms with van der Waals surface area (Å²) in [5, 5.41) is 6.65. The molecule has 1 aromatic carbocycles. The minimum absolute atomic E-state index is 0.154. The predicted octanol–water partition coefficient (Wildman–Crippen LogP) is 1.99. The Morgan fingerprint density at radius 1 is 1.30 bits per heavy atom. The zero-order valence-electron chi connectivity index (χ0n) is 15.7. The van der Waals surface area contributed by atoms with Gasteiger partial charge in [0.15, 0.2) is 5.96 Å². The van der Waals surface area contributed by atoms with E-state index >= 15 is 0 Å². The molecule has 1 fully saturated rings. The minimum Gasteiger partial charge on any atom is -0.381 e. The highest BCUT2D eigenvalue weighted by Gasteiger charge is 2.20. The number of ether oxygens (including phenoxy) is 1. The van der Waals surface area contributed by atoms with Gasteiger partial charge >= 0.3 is 0 Å². The lowest BCUT2D eigenvalue weighted by molar-refractivity contribution is 0.123. The van der Waals surface area contributed by atoms with E-state index in [4.69, 9.17) is 16.3 Å². The number of nitrogens with one attached hydrogen (secondary N) is 3. The number of nitrogens with zero attached hydrogens (tertiary/aromatic N) is 1. The second-order valence-electron chi connectivity index (χ2n) is 6.41. The first-order chi connectivity index (χ1) is 13.0. The Balaban J connectivity index is 1.67.